The maximum absolute atomic E-state index is 4.77. The van der Waals surface area contributed by atoms with Crippen molar-refractivity contribution < 1.29 is 0 Å². The van der Waals surface area contributed by atoms with Gasteiger partial charge in [0.15, 0.2) is 0 Å². The van der Waals surface area contributed by atoms with Crippen molar-refractivity contribution in [3.63, 3.8) is 0 Å². The summed E-state index contributed by atoms with van der Waals surface area (Å²) in [7, 11) is 0. The van der Waals surface area contributed by atoms with Crippen molar-refractivity contribution in [1.29, 1.82) is 0 Å². The van der Waals surface area contributed by atoms with Gasteiger partial charge in [-0.05, 0) is 24.3 Å². The van der Waals surface area contributed by atoms with Gasteiger partial charge in [0, 0.05) is 38.6 Å². The zero-order valence-corrected chi connectivity index (χ0v) is 13.1. The predicted molar refractivity (Wildman–Crippen MR) is 91.4 cm³/mol. The van der Waals surface area contributed by atoms with E-state index in [1.54, 1.807) is 12.4 Å². The smallest absolute Gasteiger partial charge is 0.246 e. The van der Waals surface area contributed by atoms with Crippen LogP contribution < -0.4 is 10.2 Å². The lowest BCUT2D eigenvalue weighted by molar-refractivity contribution is 0.577. The second-order valence-electron chi connectivity index (χ2n) is 5.48. The van der Waals surface area contributed by atoms with Crippen LogP contribution in [0.2, 0.25) is 0 Å². The lowest BCUT2D eigenvalue weighted by atomic mass is 10.1. The highest BCUT2D eigenvalue weighted by Crippen LogP contribution is 2.26. The molecule has 1 aliphatic rings. The van der Waals surface area contributed by atoms with Gasteiger partial charge >= 0.3 is 0 Å². The molecule has 1 aliphatic heterocycles. The molecule has 0 spiro atoms. The van der Waals surface area contributed by atoms with Gasteiger partial charge in [0.25, 0.3) is 0 Å². The molecule has 4 heterocycles. The van der Waals surface area contributed by atoms with Crippen molar-refractivity contribution >= 4 is 5.95 Å². The molecule has 0 saturated carbocycles. The fourth-order valence-electron chi connectivity index (χ4n) is 2.67. The average Bonchev–Trinajstić information content (AvgIpc) is 2.69. The van der Waals surface area contributed by atoms with E-state index >= 15 is 0 Å². The molecule has 0 amide bonds. The Labute approximate surface area is 139 Å². The third-order valence-corrected chi connectivity index (χ3v) is 3.89. The zero-order chi connectivity index (χ0) is 16.2. The molecule has 0 aliphatic carbocycles. The fraction of sp³-hybridized carbons (Fsp3) is 0.235. The van der Waals surface area contributed by atoms with E-state index in [-0.39, 0.29) is 0 Å². The second-order valence-corrected chi connectivity index (χ2v) is 5.48. The van der Waals surface area contributed by atoms with Crippen LogP contribution in [0.3, 0.4) is 0 Å². The van der Waals surface area contributed by atoms with E-state index in [1.165, 1.54) is 0 Å². The van der Waals surface area contributed by atoms with Crippen LogP contribution in [-0.4, -0.2) is 51.3 Å². The molecule has 24 heavy (non-hydrogen) atoms. The monoisotopic (exact) mass is 319 g/mol. The summed E-state index contributed by atoms with van der Waals surface area (Å²) in [5.74, 6) is 0.636. The summed E-state index contributed by atoms with van der Waals surface area (Å²) < 4.78 is 0. The van der Waals surface area contributed by atoms with Crippen molar-refractivity contribution in [3.05, 3.63) is 48.8 Å². The Bertz CT molecular complexity index is 802. The number of pyridine rings is 2. The molecule has 1 fully saturated rings. The molecule has 4 rings (SSSR count). The molecule has 3 aromatic rings. The highest BCUT2D eigenvalue weighted by molar-refractivity contribution is 5.74. The van der Waals surface area contributed by atoms with Crippen LogP contribution in [0.15, 0.2) is 48.8 Å². The first-order valence-electron chi connectivity index (χ1n) is 7.95. The molecule has 0 atom stereocenters. The van der Waals surface area contributed by atoms with Crippen LogP contribution in [-0.2, 0) is 0 Å². The molecular weight excluding hydrogens is 302 g/mol. The maximum atomic E-state index is 4.77. The summed E-state index contributed by atoms with van der Waals surface area (Å²) in [4.78, 5) is 15.7. The molecule has 0 radical (unpaired) electrons. The summed E-state index contributed by atoms with van der Waals surface area (Å²) >= 11 is 0. The Morgan fingerprint density at radius 2 is 1.46 bits per heavy atom. The van der Waals surface area contributed by atoms with E-state index in [4.69, 9.17) is 4.98 Å². The molecule has 1 saturated heterocycles. The summed E-state index contributed by atoms with van der Waals surface area (Å²) in [5, 5.41) is 12.1. The van der Waals surface area contributed by atoms with Gasteiger partial charge in [-0.25, -0.2) is 4.98 Å². The lowest BCUT2D eigenvalue weighted by Crippen LogP contribution is -2.44. The Balaban J connectivity index is 1.82. The maximum Gasteiger partial charge on any atom is 0.246 e. The van der Waals surface area contributed by atoms with Crippen molar-refractivity contribution in [3.8, 4) is 22.8 Å². The van der Waals surface area contributed by atoms with Gasteiger partial charge in [0.2, 0.25) is 5.95 Å². The fourth-order valence-corrected chi connectivity index (χ4v) is 2.67. The first kappa shape index (κ1) is 14.6. The summed E-state index contributed by atoms with van der Waals surface area (Å²) in [6.45, 7) is 3.58. The minimum atomic E-state index is 0.636. The van der Waals surface area contributed by atoms with Gasteiger partial charge in [0.05, 0.1) is 11.4 Å². The van der Waals surface area contributed by atoms with Crippen LogP contribution in [0.1, 0.15) is 0 Å². The third kappa shape index (κ3) is 2.93. The van der Waals surface area contributed by atoms with E-state index in [1.807, 2.05) is 36.4 Å². The van der Waals surface area contributed by atoms with Gasteiger partial charge < -0.3 is 10.2 Å². The normalized spacial score (nSPS) is 14.6. The van der Waals surface area contributed by atoms with Gasteiger partial charge in [-0.1, -0.05) is 12.1 Å². The van der Waals surface area contributed by atoms with Crippen LogP contribution in [0.4, 0.5) is 5.95 Å². The van der Waals surface area contributed by atoms with Crippen molar-refractivity contribution in [2.24, 2.45) is 0 Å². The highest BCUT2D eigenvalue weighted by atomic mass is 15.3. The largest absolute Gasteiger partial charge is 0.337 e. The number of nitrogens with zero attached hydrogens (tertiary/aromatic N) is 6. The Kier molecular flexibility index (Phi) is 4.07. The van der Waals surface area contributed by atoms with E-state index in [2.05, 4.69) is 30.4 Å². The molecular formula is C17H17N7. The molecule has 7 heteroatoms. The first-order valence-corrected chi connectivity index (χ1v) is 7.95. The van der Waals surface area contributed by atoms with Crippen LogP contribution in [0.25, 0.3) is 22.8 Å². The number of hydrogen-bond donors (Lipinski definition) is 1. The molecule has 0 unspecified atom stereocenters. The SMILES string of the molecule is c1ccc(-c2nnc(N3CCNCC3)nc2-c2ccccn2)nc1. The zero-order valence-electron chi connectivity index (χ0n) is 13.1. The number of anilines is 1. The minimum Gasteiger partial charge on any atom is -0.337 e. The van der Waals surface area contributed by atoms with Crippen LogP contribution in [0.5, 0.6) is 0 Å². The molecule has 0 aromatic carbocycles. The van der Waals surface area contributed by atoms with Crippen LogP contribution >= 0.6 is 0 Å². The number of hydrogen-bond acceptors (Lipinski definition) is 7. The second kappa shape index (κ2) is 6.67. The van der Waals surface area contributed by atoms with Crippen molar-refractivity contribution in [2.75, 3.05) is 31.1 Å². The number of nitrogens with one attached hydrogen (secondary N) is 1. The van der Waals surface area contributed by atoms with Gasteiger partial charge in [-0.3, -0.25) is 9.97 Å². The van der Waals surface area contributed by atoms with E-state index in [0.29, 0.717) is 17.3 Å². The summed E-state index contributed by atoms with van der Waals surface area (Å²) in [6.07, 6.45) is 3.49. The molecule has 3 aromatic heterocycles. The Morgan fingerprint density at radius 3 is 2.08 bits per heavy atom. The van der Waals surface area contributed by atoms with E-state index in [0.717, 1.165) is 37.6 Å². The Morgan fingerprint density at radius 1 is 0.792 bits per heavy atom. The summed E-state index contributed by atoms with van der Waals surface area (Å²) in [5.41, 5.74) is 2.86. The van der Waals surface area contributed by atoms with Crippen molar-refractivity contribution in [1.82, 2.24) is 30.5 Å². The predicted octanol–water partition coefficient (Wildman–Crippen LogP) is 1.41. The lowest BCUT2D eigenvalue weighted by Gasteiger charge is -2.27. The topological polar surface area (TPSA) is 79.7 Å². The highest BCUT2D eigenvalue weighted by Gasteiger charge is 2.19. The molecule has 120 valence electrons. The molecule has 7 nitrogen and oxygen atoms in total. The van der Waals surface area contributed by atoms with Gasteiger partial charge in [0.1, 0.15) is 11.4 Å². The Hall–Kier alpha value is -2.93. The van der Waals surface area contributed by atoms with Crippen molar-refractivity contribution in [2.45, 2.75) is 0 Å². The number of piperazine rings is 1. The van der Waals surface area contributed by atoms with E-state index in [9.17, 15) is 0 Å². The van der Waals surface area contributed by atoms with Crippen LogP contribution in [0, 0.1) is 0 Å². The minimum absolute atomic E-state index is 0.636. The third-order valence-electron chi connectivity index (χ3n) is 3.89. The quantitative estimate of drug-likeness (QED) is 0.781. The van der Waals surface area contributed by atoms with E-state index < -0.39 is 0 Å². The molecule has 0 bridgehead atoms. The first-order chi connectivity index (χ1) is 11.9. The number of aromatic nitrogens is 5. The standard InChI is InChI=1S/C17H17N7/c1-3-7-19-13(5-1)15-16(14-6-2-4-8-20-14)22-23-17(21-15)24-11-9-18-10-12-24/h1-8,18H,9-12H2. The summed E-state index contributed by atoms with van der Waals surface area (Å²) in [6, 6.07) is 11.5. The van der Waals surface area contributed by atoms with Gasteiger partial charge in [-0.15, -0.1) is 10.2 Å². The van der Waals surface area contributed by atoms with Gasteiger partial charge in [-0.2, -0.15) is 0 Å². The molecule has 1 N–H and O–H groups in total. The average molecular weight is 319 g/mol. The number of rotatable bonds is 3.